The molecule has 5 heteroatoms. The van der Waals surface area contributed by atoms with E-state index in [0.717, 1.165) is 36.3 Å². The Balaban J connectivity index is 1.43. The third-order valence-corrected chi connectivity index (χ3v) is 15.8. The van der Waals surface area contributed by atoms with Crippen molar-refractivity contribution in [2.24, 2.45) is 0 Å². The van der Waals surface area contributed by atoms with Gasteiger partial charge in [-0.2, -0.15) is 0 Å². The lowest BCUT2D eigenvalue weighted by molar-refractivity contribution is -0.150. The van der Waals surface area contributed by atoms with Gasteiger partial charge in [-0.15, -0.1) is 0 Å². The first-order valence-electron chi connectivity index (χ1n) is 14.5. The van der Waals surface area contributed by atoms with Gasteiger partial charge in [0.15, 0.2) is 0 Å². The monoisotopic (exact) mass is 574 g/mol. The van der Waals surface area contributed by atoms with Crippen LogP contribution < -0.4 is 0 Å². The molecule has 3 aliphatic heterocycles. The number of rotatable bonds is 6. The van der Waals surface area contributed by atoms with Crippen LogP contribution in [0.25, 0.3) is 0 Å². The molecule has 0 saturated carbocycles. The Morgan fingerprint density at radius 2 is 0.659 bits per heavy atom. The Morgan fingerprint density at radius 3 is 0.902 bits per heavy atom. The molecule has 0 aromatic heterocycles. The number of hydrogen-bond acceptors (Lipinski definition) is 3. The number of cyclic esters (lactones) is 2. The van der Waals surface area contributed by atoms with Gasteiger partial charge in [0.2, 0.25) is 0 Å². The molecular formula is C36H32O3P2. The Labute approximate surface area is 244 Å². The largest absolute Gasteiger partial charge is 0.386 e. The summed E-state index contributed by atoms with van der Waals surface area (Å²) in [7, 11) is -2.05. The molecule has 0 radical (unpaired) electrons. The fraction of sp³-hybridized carbons (Fsp3) is 0.222. The van der Waals surface area contributed by atoms with Crippen molar-refractivity contribution in [2.45, 2.75) is 48.3 Å². The molecule has 3 heterocycles. The van der Waals surface area contributed by atoms with E-state index in [2.05, 4.69) is 97.1 Å². The van der Waals surface area contributed by atoms with Crippen LogP contribution in [0.4, 0.5) is 0 Å². The lowest BCUT2D eigenvalue weighted by atomic mass is 10.0. The van der Waals surface area contributed by atoms with Gasteiger partial charge in [0.1, 0.15) is 0 Å². The lowest BCUT2D eigenvalue weighted by Crippen LogP contribution is -2.05. The van der Waals surface area contributed by atoms with Gasteiger partial charge in [-0.3, -0.25) is 0 Å². The summed E-state index contributed by atoms with van der Waals surface area (Å²) in [5.74, 6) is -0.791. The minimum absolute atomic E-state index is 0.211. The van der Waals surface area contributed by atoms with Crippen LogP contribution in [-0.4, -0.2) is 11.9 Å². The number of carbonyl (C=O) groups excluding carboxylic acids is 2. The van der Waals surface area contributed by atoms with E-state index in [1.54, 1.807) is 0 Å². The third-order valence-electron chi connectivity index (χ3n) is 8.82. The first kappa shape index (κ1) is 26.5. The van der Waals surface area contributed by atoms with Crippen molar-refractivity contribution in [1.29, 1.82) is 0 Å². The SMILES string of the molecule is O=C1OC(=O)C(P2C(c3ccccc3)CCC2c2ccccc2)=C1P1C(c2ccccc2)CCC1c1ccccc1. The summed E-state index contributed by atoms with van der Waals surface area (Å²) in [6.45, 7) is 0. The van der Waals surface area contributed by atoms with Crippen molar-refractivity contribution in [2.75, 3.05) is 0 Å². The highest BCUT2D eigenvalue weighted by atomic mass is 31.1. The van der Waals surface area contributed by atoms with Crippen molar-refractivity contribution >= 4 is 27.8 Å². The van der Waals surface area contributed by atoms with E-state index in [1.165, 1.54) is 22.3 Å². The van der Waals surface area contributed by atoms with E-state index in [4.69, 9.17) is 4.74 Å². The van der Waals surface area contributed by atoms with Crippen LogP contribution in [0.5, 0.6) is 0 Å². The molecule has 0 spiro atoms. The van der Waals surface area contributed by atoms with Gasteiger partial charge in [-0.25, -0.2) is 9.59 Å². The van der Waals surface area contributed by atoms with Gasteiger partial charge < -0.3 is 4.74 Å². The van der Waals surface area contributed by atoms with E-state index >= 15 is 0 Å². The summed E-state index contributed by atoms with van der Waals surface area (Å²) in [5.41, 5.74) is 5.88. The average Bonchev–Trinajstić information content (AvgIpc) is 3.73. The van der Waals surface area contributed by atoms with E-state index in [0.29, 0.717) is 0 Å². The van der Waals surface area contributed by atoms with Crippen molar-refractivity contribution < 1.29 is 14.3 Å². The highest BCUT2D eigenvalue weighted by molar-refractivity contribution is 7.69. The van der Waals surface area contributed by atoms with Crippen LogP contribution in [-0.2, 0) is 14.3 Å². The zero-order chi connectivity index (χ0) is 27.8. The third kappa shape index (κ3) is 4.90. The molecule has 7 rings (SSSR count). The Bertz CT molecular complexity index is 1360. The van der Waals surface area contributed by atoms with Gasteiger partial charge in [0.25, 0.3) is 0 Å². The molecule has 3 aliphatic rings. The molecule has 3 nitrogen and oxygen atoms in total. The molecule has 0 bridgehead atoms. The predicted molar refractivity (Wildman–Crippen MR) is 167 cm³/mol. The quantitative estimate of drug-likeness (QED) is 0.131. The van der Waals surface area contributed by atoms with Crippen molar-refractivity contribution in [1.82, 2.24) is 0 Å². The molecule has 4 aromatic rings. The zero-order valence-electron chi connectivity index (χ0n) is 22.8. The lowest BCUT2D eigenvalue weighted by Gasteiger charge is -2.31. The number of benzene rings is 4. The zero-order valence-corrected chi connectivity index (χ0v) is 24.6. The van der Waals surface area contributed by atoms with E-state index in [1.807, 2.05) is 24.3 Å². The number of esters is 2. The minimum Gasteiger partial charge on any atom is -0.386 e. The van der Waals surface area contributed by atoms with Crippen LogP contribution >= 0.6 is 15.8 Å². The normalized spacial score (nSPS) is 27.8. The van der Waals surface area contributed by atoms with Crippen LogP contribution in [0, 0.1) is 0 Å². The maximum atomic E-state index is 13.9. The Hall–Kier alpha value is -3.38. The second kappa shape index (κ2) is 11.5. The van der Waals surface area contributed by atoms with E-state index in [9.17, 15) is 9.59 Å². The molecule has 0 N–H and O–H groups in total. The smallest absolute Gasteiger partial charge is 0.347 e. The number of hydrogen-bond donors (Lipinski definition) is 0. The summed E-state index contributed by atoms with van der Waals surface area (Å²) in [4.78, 5) is 27.8. The molecule has 4 atom stereocenters. The first-order valence-corrected chi connectivity index (χ1v) is 17.4. The molecule has 41 heavy (non-hydrogen) atoms. The van der Waals surface area contributed by atoms with Gasteiger partial charge in [-0.1, -0.05) is 137 Å². The summed E-state index contributed by atoms with van der Waals surface area (Å²) in [5, 5.41) is 1.44. The molecule has 204 valence electrons. The van der Waals surface area contributed by atoms with Gasteiger partial charge in [0.05, 0.1) is 10.6 Å². The highest BCUT2D eigenvalue weighted by Gasteiger charge is 2.52. The molecule has 2 fully saturated rings. The van der Waals surface area contributed by atoms with Crippen LogP contribution in [0.2, 0.25) is 0 Å². The highest BCUT2D eigenvalue weighted by Crippen LogP contribution is 2.81. The molecule has 0 amide bonds. The number of ether oxygens (including phenoxy) is 1. The van der Waals surface area contributed by atoms with Crippen LogP contribution in [0.15, 0.2) is 132 Å². The molecule has 4 unspecified atom stereocenters. The molecule has 0 aliphatic carbocycles. The summed E-state index contributed by atoms with van der Waals surface area (Å²) in [6, 6.07) is 42.4. The first-order chi connectivity index (χ1) is 20.2. The Kier molecular flexibility index (Phi) is 7.42. The summed E-state index contributed by atoms with van der Waals surface area (Å²) >= 11 is 0. The standard InChI is InChI=1S/C36H32O3P2/c37-35-33(40-29(25-13-5-1-6-14-25)21-22-30(40)26-15-7-2-8-16-26)34(36(38)39-35)41-31(27-17-9-3-10-18-27)23-24-32(41)28-19-11-4-12-20-28/h1-20,29-32H,21-24H2. The van der Waals surface area contributed by atoms with Gasteiger partial charge in [-0.05, 0) is 47.9 Å². The fourth-order valence-electron chi connectivity index (χ4n) is 7.09. The van der Waals surface area contributed by atoms with Gasteiger partial charge in [0, 0.05) is 22.6 Å². The van der Waals surface area contributed by atoms with Crippen molar-refractivity contribution in [3.8, 4) is 0 Å². The fourth-order valence-corrected chi connectivity index (χ4v) is 14.8. The summed E-state index contributed by atoms with van der Waals surface area (Å²) in [6.07, 6.45) is 3.98. The molecule has 2 saturated heterocycles. The predicted octanol–water partition coefficient (Wildman–Crippen LogP) is 9.80. The van der Waals surface area contributed by atoms with Crippen LogP contribution in [0.3, 0.4) is 0 Å². The topological polar surface area (TPSA) is 43.4 Å². The van der Waals surface area contributed by atoms with Crippen molar-refractivity contribution in [3.63, 3.8) is 0 Å². The van der Waals surface area contributed by atoms with Crippen molar-refractivity contribution in [3.05, 3.63) is 154 Å². The average molecular weight is 575 g/mol. The minimum atomic E-state index is -1.02. The van der Waals surface area contributed by atoms with E-state index < -0.39 is 27.8 Å². The van der Waals surface area contributed by atoms with Crippen LogP contribution in [0.1, 0.15) is 70.6 Å². The maximum absolute atomic E-state index is 13.9. The maximum Gasteiger partial charge on any atom is 0.347 e. The second-order valence-corrected chi connectivity index (χ2v) is 16.1. The molecular weight excluding hydrogens is 542 g/mol. The second-order valence-electron chi connectivity index (χ2n) is 11.0. The molecule has 4 aromatic carbocycles. The van der Waals surface area contributed by atoms with E-state index in [-0.39, 0.29) is 22.6 Å². The van der Waals surface area contributed by atoms with Gasteiger partial charge >= 0.3 is 11.9 Å². The Morgan fingerprint density at radius 1 is 0.415 bits per heavy atom. The number of carbonyl (C=O) groups is 2. The summed E-state index contributed by atoms with van der Waals surface area (Å²) < 4.78 is 5.63.